The second-order valence-electron chi connectivity index (χ2n) is 6.86. The smallest absolute Gasteiger partial charge is 0.232 e. The van der Waals surface area contributed by atoms with E-state index in [-0.39, 0.29) is 12.5 Å². The van der Waals surface area contributed by atoms with Gasteiger partial charge in [0.25, 0.3) is 0 Å². The van der Waals surface area contributed by atoms with Crippen molar-refractivity contribution in [3.05, 3.63) is 24.3 Å². The molecule has 1 unspecified atom stereocenters. The highest BCUT2D eigenvalue weighted by Gasteiger charge is 2.18. The van der Waals surface area contributed by atoms with E-state index in [1.54, 1.807) is 31.4 Å². The van der Waals surface area contributed by atoms with Crippen LogP contribution in [0.1, 0.15) is 52.4 Å². The van der Waals surface area contributed by atoms with Crippen LogP contribution < -0.4 is 14.4 Å². The van der Waals surface area contributed by atoms with E-state index in [9.17, 15) is 13.2 Å². The summed E-state index contributed by atoms with van der Waals surface area (Å²) < 4.78 is 30.7. The number of benzene rings is 1. The van der Waals surface area contributed by atoms with Gasteiger partial charge >= 0.3 is 0 Å². The summed E-state index contributed by atoms with van der Waals surface area (Å²) in [5, 5.41) is 2.99. The monoisotopic (exact) mass is 398 g/mol. The van der Waals surface area contributed by atoms with Gasteiger partial charge in [0.05, 0.1) is 19.1 Å². The molecule has 0 aliphatic rings. The summed E-state index contributed by atoms with van der Waals surface area (Å²) >= 11 is 0. The Kier molecular flexibility index (Phi) is 10.2. The van der Waals surface area contributed by atoms with Gasteiger partial charge in [-0.2, -0.15) is 0 Å². The average molecular weight is 399 g/mol. The number of nitrogens with zero attached hydrogens (tertiary/aromatic N) is 1. The molecule has 0 saturated heterocycles. The number of hydrogen-bond donors (Lipinski definition) is 1. The zero-order valence-corrected chi connectivity index (χ0v) is 17.8. The topological polar surface area (TPSA) is 75.7 Å². The van der Waals surface area contributed by atoms with Gasteiger partial charge in [0, 0.05) is 19.5 Å². The summed E-state index contributed by atoms with van der Waals surface area (Å²) in [5.41, 5.74) is 0.573. The minimum atomic E-state index is -3.41. The number of ether oxygens (including phenoxy) is 1. The van der Waals surface area contributed by atoms with Crippen molar-refractivity contribution in [2.45, 2.75) is 52.4 Å². The fourth-order valence-electron chi connectivity index (χ4n) is 2.91. The number of unbranched alkanes of at least 4 members (excludes halogenated alkanes) is 1. The number of rotatable bonds is 13. The predicted molar refractivity (Wildman–Crippen MR) is 111 cm³/mol. The lowest BCUT2D eigenvalue weighted by Crippen LogP contribution is -2.33. The summed E-state index contributed by atoms with van der Waals surface area (Å²) in [6, 6.07) is 6.86. The summed E-state index contributed by atoms with van der Waals surface area (Å²) in [7, 11) is -1.85. The Hall–Kier alpha value is -1.76. The molecule has 27 heavy (non-hydrogen) atoms. The van der Waals surface area contributed by atoms with Gasteiger partial charge in [-0.3, -0.25) is 9.10 Å². The van der Waals surface area contributed by atoms with Crippen molar-refractivity contribution in [1.29, 1.82) is 0 Å². The van der Waals surface area contributed by atoms with Crippen molar-refractivity contribution >= 4 is 21.6 Å². The maximum atomic E-state index is 12.1. The molecule has 0 bridgehead atoms. The normalized spacial score (nSPS) is 12.4. The summed E-state index contributed by atoms with van der Waals surface area (Å²) in [5.74, 6) is 1.16. The predicted octanol–water partition coefficient (Wildman–Crippen LogP) is 3.57. The molecule has 0 aliphatic heterocycles. The van der Waals surface area contributed by atoms with E-state index in [1.165, 1.54) is 17.0 Å². The first-order chi connectivity index (χ1) is 12.8. The second-order valence-corrected chi connectivity index (χ2v) is 8.76. The third-order valence-corrected chi connectivity index (χ3v) is 5.85. The number of anilines is 1. The molecule has 1 amide bonds. The fourth-order valence-corrected chi connectivity index (χ4v) is 3.87. The first-order valence-electron chi connectivity index (χ1n) is 9.70. The Morgan fingerprint density at radius 1 is 1.19 bits per heavy atom. The molecule has 0 radical (unpaired) electrons. The Bertz CT molecular complexity index is 659. The molecule has 6 nitrogen and oxygen atoms in total. The van der Waals surface area contributed by atoms with Crippen LogP contribution in [0.5, 0.6) is 5.75 Å². The third-order valence-electron chi connectivity index (χ3n) is 4.66. The van der Waals surface area contributed by atoms with Gasteiger partial charge in [-0.15, -0.1) is 0 Å². The van der Waals surface area contributed by atoms with Crippen molar-refractivity contribution in [3.8, 4) is 5.75 Å². The number of carbonyl (C=O) groups is 1. The van der Waals surface area contributed by atoms with Gasteiger partial charge in [0.15, 0.2) is 0 Å². The second kappa shape index (κ2) is 11.8. The van der Waals surface area contributed by atoms with Crippen LogP contribution >= 0.6 is 0 Å². The van der Waals surface area contributed by atoms with Crippen molar-refractivity contribution in [2.24, 2.45) is 5.92 Å². The van der Waals surface area contributed by atoms with Gasteiger partial charge in [0.1, 0.15) is 5.75 Å². The van der Waals surface area contributed by atoms with E-state index < -0.39 is 10.0 Å². The lowest BCUT2D eigenvalue weighted by Gasteiger charge is -2.22. The molecule has 0 spiro atoms. The minimum absolute atomic E-state index is 0.0202. The van der Waals surface area contributed by atoms with Crippen LogP contribution in [0, 0.1) is 5.92 Å². The first-order valence-corrected chi connectivity index (χ1v) is 11.5. The highest BCUT2D eigenvalue weighted by Crippen LogP contribution is 2.22. The number of hydrogen-bond acceptors (Lipinski definition) is 4. The molecule has 0 aliphatic carbocycles. The van der Waals surface area contributed by atoms with Crippen LogP contribution in [0.25, 0.3) is 0 Å². The molecule has 1 aromatic carbocycles. The van der Waals surface area contributed by atoms with E-state index in [0.29, 0.717) is 36.7 Å². The van der Waals surface area contributed by atoms with Crippen molar-refractivity contribution in [2.75, 3.05) is 30.8 Å². The van der Waals surface area contributed by atoms with Gasteiger partial charge < -0.3 is 10.1 Å². The maximum absolute atomic E-state index is 12.1. The molecule has 7 heteroatoms. The fraction of sp³-hybridized carbons (Fsp3) is 0.650. The van der Waals surface area contributed by atoms with E-state index >= 15 is 0 Å². The maximum Gasteiger partial charge on any atom is 0.232 e. The van der Waals surface area contributed by atoms with E-state index in [4.69, 9.17) is 4.74 Å². The number of methoxy groups -OCH3 is 1. The van der Waals surface area contributed by atoms with Gasteiger partial charge in [-0.25, -0.2) is 8.42 Å². The molecule has 1 N–H and O–H groups in total. The summed E-state index contributed by atoms with van der Waals surface area (Å²) in [4.78, 5) is 12.1. The Morgan fingerprint density at radius 2 is 1.85 bits per heavy atom. The number of carbonyl (C=O) groups excluding carboxylic acids is 1. The van der Waals surface area contributed by atoms with Crippen LogP contribution in [0.3, 0.4) is 0 Å². The lowest BCUT2D eigenvalue weighted by molar-refractivity contribution is -0.121. The van der Waals surface area contributed by atoms with Gasteiger partial charge in [-0.1, -0.05) is 33.1 Å². The Balaban J connectivity index is 2.52. The van der Waals surface area contributed by atoms with Crippen molar-refractivity contribution in [3.63, 3.8) is 0 Å². The van der Waals surface area contributed by atoms with Crippen molar-refractivity contribution < 1.29 is 17.9 Å². The molecule has 1 aromatic rings. The molecule has 0 aromatic heterocycles. The van der Waals surface area contributed by atoms with Crippen LogP contribution in [-0.4, -0.2) is 40.8 Å². The summed E-state index contributed by atoms with van der Waals surface area (Å²) in [6.07, 6.45) is 6.49. The zero-order valence-electron chi connectivity index (χ0n) is 17.0. The standard InChI is InChI=1S/C20H34N2O4S/c1-5-7-9-17(6-2)16-21-20(23)10-8-15-22(27(4,24)25)18-11-13-19(26-3)14-12-18/h11-14,17H,5-10,15-16H2,1-4H3,(H,21,23). The van der Waals surface area contributed by atoms with Crippen molar-refractivity contribution in [1.82, 2.24) is 5.32 Å². The summed E-state index contributed by atoms with van der Waals surface area (Å²) in [6.45, 7) is 5.28. The van der Waals surface area contributed by atoms with Crippen LogP contribution in [0.4, 0.5) is 5.69 Å². The zero-order chi connectivity index (χ0) is 20.3. The van der Waals surface area contributed by atoms with Gasteiger partial charge in [-0.05, 0) is 43.0 Å². The van der Waals surface area contributed by atoms with E-state index in [2.05, 4.69) is 19.2 Å². The largest absolute Gasteiger partial charge is 0.497 e. The highest BCUT2D eigenvalue weighted by molar-refractivity contribution is 7.92. The molecule has 1 rings (SSSR count). The molecule has 0 heterocycles. The number of sulfonamides is 1. The molecule has 1 atom stereocenters. The van der Waals surface area contributed by atoms with Crippen LogP contribution in [0.15, 0.2) is 24.3 Å². The van der Waals surface area contributed by atoms with Crippen LogP contribution in [0.2, 0.25) is 0 Å². The van der Waals surface area contributed by atoms with E-state index in [0.717, 1.165) is 19.3 Å². The number of amides is 1. The molecular formula is C20H34N2O4S. The lowest BCUT2D eigenvalue weighted by atomic mass is 9.99. The van der Waals surface area contributed by atoms with E-state index in [1.807, 2.05) is 0 Å². The quantitative estimate of drug-likeness (QED) is 0.551. The molecular weight excluding hydrogens is 364 g/mol. The SMILES string of the molecule is CCCCC(CC)CNC(=O)CCCN(c1ccc(OC)cc1)S(C)(=O)=O. The molecule has 0 saturated carbocycles. The molecule has 0 fully saturated rings. The first kappa shape index (κ1) is 23.3. The van der Waals surface area contributed by atoms with Gasteiger partial charge in [0.2, 0.25) is 15.9 Å². The number of nitrogens with one attached hydrogen (secondary N) is 1. The Morgan fingerprint density at radius 3 is 2.37 bits per heavy atom. The molecule has 154 valence electrons. The van der Waals surface area contributed by atoms with Crippen LogP contribution in [-0.2, 0) is 14.8 Å². The Labute approximate surface area is 164 Å². The third kappa shape index (κ3) is 8.65. The highest BCUT2D eigenvalue weighted by atomic mass is 32.2. The average Bonchev–Trinajstić information content (AvgIpc) is 2.64. The minimum Gasteiger partial charge on any atom is -0.497 e.